The van der Waals surface area contributed by atoms with E-state index in [1.54, 1.807) is 4.90 Å². The van der Waals surface area contributed by atoms with Crippen molar-refractivity contribution in [1.82, 2.24) is 0 Å². The van der Waals surface area contributed by atoms with Gasteiger partial charge in [-0.15, -0.1) is 11.8 Å². The summed E-state index contributed by atoms with van der Waals surface area (Å²) in [5, 5.41) is -0.297. The van der Waals surface area contributed by atoms with Gasteiger partial charge in [0, 0.05) is 16.8 Å². The molecule has 1 fully saturated rings. The maximum atomic E-state index is 14.2. The standard InChI is InChI=1S/C24H24N2O2S/c1-14-11-18-15(2)13-23(4,5)26-20(18)19(12-14)24(22(26)28)25(21(27)16(3)29-24)17-9-7-6-8-10-17/h6-13,16H,1-5H3/t16-,24+/m1/s1. The molecule has 2 aromatic rings. The molecule has 29 heavy (non-hydrogen) atoms. The number of thioether (sulfide) groups is 1. The van der Waals surface area contributed by atoms with E-state index in [-0.39, 0.29) is 17.1 Å². The molecule has 0 radical (unpaired) electrons. The van der Waals surface area contributed by atoms with Crippen LogP contribution < -0.4 is 9.80 Å². The Morgan fingerprint density at radius 3 is 2.38 bits per heavy atom. The lowest BCUT2D eigenvalue weighted by molar-refractivity contribution is -0.124. The lowest BCUT2D eigenvalue weighted by Crippen LogP contribution is -2.55. The van der Waals surface area contributed by atoms with Crippen LogP contribution in [0.4, 0.5) is 11.4 Å². The van der Waals surface area contributed by atoms with Crippen molar-refractivity contribution in [2.24, 2.45) is 0 Å². The maximum absolute atomic E-state index is 14.2. The molecule has 0 aliphatic carbocycles. The molecule has 0 bridgehead atoms. The number of allylic oxidation sites excluding steroid dienone is 1. The van der Waals surface area contributed by atoms with E-state index in [4.69, 9.17) is 0 Å². The Hall–Kier alpha value is -2.53. The topological polar surface area (TPSA) is 40.6 Å². The number of para-hydroxylation sites is 1. The Balaban J connectivity index is 1.86. The van der Waals surface area contributed by atoms with Crippen molar-refractivity contribution in [2.75, 3.05) is 9.80 Å². The predicted molar refractivity (Wildman–Crippen MR) is 119 cm³/mol. The number of anilines is 2. The molecular weight excluding hydrogens is 380 g/mol. The van der Waals surface area contributed by atoms with Crippen molar-refractivity contribution in [2.45, 2.75) is 50.3 Å². The largest absolute Gasteiger partial charge is 0.299 e. The van der Waals surface area contributed by atoms with Gasteiger partial charge in [0.1, 0.15) is 0 Å². The fourth-order valence-corrected chi connectivity index (χ4v) is 6.57. The number of nitrogens with zero attached hydrogens (tertiary/aromatic N) is 2. The van der Waals surface area contributed by atoms with Gasteiger partial charge in [-0.3, -0.25) is 19.4 Å². The van der Waals surface area contributed by atoms with E-state index in [2.05, 4.69) is 45.9 Å². The smallest absolute Gasteiger partial charge is 0.269 e. The van der Waals surface area contributed by atoms with Crippen molar-refractivity contribution in [3.63, 3.8) is 0 Å². The van der Waals surface area contributed by atoms with Crippen molar-refractivity contribution in [3.05, 3.63) is 65.2 Å². The summed E-state index contributed by atoms with van der Waals surface area (Å²) in [5.41, 5.74) is 5.56. The van der Waals surface area contributed by atoms with E-state index in [1.165, 1.54) is 17.3 Å². The summed E-state index contributed by atoms with van der Waals surface area (Å²) in [6.45, 7) is 10.2. The third-order valence-electron chi connectivity index (χ3n) is 6.15. The van der Waals surface area contributed by atoms with E-state index in [0.29, 0.717) is 0 Å². The normalized spacial score (nSPS) is 26.9. The average molecular weight is 405 g/mol. The minimum atomic E-state index is -1.07. The van der Waals surface area contributed by atoms with Crippen molar-refractivity contribution in [1.29, 1.82) is 0 Å². The van der Waals surface area contributed by atoms with Crippen LogP contribution in [0.3, 0.4) is 0 Å². The number of fused-ring (bicyclic) bond motifs is 1. The van der Waals surface area contributed by atoms with Gasteiger partial charge in [-0.25, -0.2) is 0 Å². The molecular formula is C24H24N2O2S. The highest BCUT2D eigenvalue weighted by molar-refractivity contribution is 8.03. The van der Waals surface area contributed by atoms with Crippen molar-refractivity contribution >= 4 is 40.5 Å². The summed E-state index contributed by atoms with van der Waals surface area (Å²) in [5.74, 6) is -0.0493. The monoisotopic (exact) mass is 404 g/mol. The molecule has 2 atom stereocenters. The molecule has 1 spiro atoms. The third-order valence-corrected chi connectivity index (χ3v) is 7.62. The first-order valence-corrected chi connectivity index (χ1v) is 10.8. The quantitative estimate of drug-likeness (QED) is 0.682. The Kier molecular flexibility index (Phi) is 3.67. The lowest BCUT2D eigenvalue weighted by atomic mass is 9.88. The van der Waals surface area contributed by atoms with E-state index in [0.717, 1.165) is 28.1 Å². The lowest BCUT2D eigenvalue weighted by Gasteiger charge is -2.40. The van der Waals surface area contributed by atoms with Gasteiger partial charge in [-0.05, 0) is 64.0 Å². The van der Waals surface area contributed by atoms with E-state index < -0.39 is 10.4 Å². The number of rotatable bonds is 1. The van der Waals surface area contributed by atoms with Crippen LogP contribution >= 0.6 is 11.8 Å². The summed E-state index contributed by atoms with van der Waals surface area (Å²) >= 11 is 1.47. The summed E-state index contributed by atoms with van der Waals surface area (Å²) in [6, 6.07) is 13.8. The van der Waals surface area contributed by atoms with Gasteiger partial charge in [0.25, 0.3) is 5.91 Å². The number of carbonyl (C=O) groups excluding carboxylic acids is 2. The molecule has 4 nitrogen and oxygen atoms in total. The zero-order valence-electron chi connectivity index (χ0n) is 17.3. The molecule has 1 saturated heterocycles. The van der Waals surface area contributed by atoms with Gasteiger partial charge in [0.2, 0.25) is 10.8 Å². The van der Waals surface area contributed by atoms with Gasteiger partial charge in [-0.1, -0.05) is 30.3 Å². The number of hydrogen-bond acceptors (Lipinski definition) is 3. The molecule has 148 valence electrons. The molecule has 0 N–H and O–H groups in total. The molecule has 0 unspecified atom stereocenters. The van der Waals surface area contributed by atoms with Crippen molar-refractivity contribution in [3.8, 4) is 0 Å². The minimum absolute atomic E-state index is 0.0212. The van der Waals surface area contributed by atoms with Crippen LogP contribution in [0.5, 0.6) is 0 Å². The highest BCUT2D eigenvalue weighted by Gasteiger charge is 2.65. The van der Waals surface area contributed by atoms with Gasteiger partial charge in [0.15, 0.2) is 0 Å². The van der Waals surface area contributed by atoms with E-state index in [9.17, 15) is 9.59 Å². The Labute approximate surface area is 175 Å². The van der Waals surface area contributed by atoms with Gasteiger partial charge in [0.05, 0.1) is 16.5 Å². The van der Waals surface area contributed by atoms with E-state index in [1.807, 2.05) is 42.2 Å². The van der Waals surface area contributed by atoms with E-state index >= 15 is 0 Å². The van der Waals surface area contributed by atoms with Gasteiger partial charge < -0.3 is 0 Å². The molecule has 3 aliphatic heterocycles. The minimum Gasteiger partial charge on any atom is -0.299 e. The summed E-state index contributed by atoms with van der Waals surface area (Å²) in [6.07, 6.45) is 2.16. The highest BCUT2D eigenvalue weighted by atomic mass is 32.2. The third kappa shape index (κ3) is 2.22. The van der Waals surface area contributed by atoms with Crippen molar-refractivity contribution < 1.29 is 9.59 Å². The molecule has 5 rings (SSSR count). The first-order chi connectivity index (χ1) is 13.7. The second-order valence-corrected chi connectivity index (χ2v) is 10.3. The van der Waals surface area contributed by atoms with Crippen LogP contribution in [0, 0.1) is 6.92 Å². The molecule has 3 aliphatic rings. The molecule has 2 aromatic carbocycles. The van der Waals surface area contributed by atoms with Crippen LogP contribution in [-0.4, -0.2) is 22.6 Å². The molecule has 0 aromatic heterocycles. The van der Waals surface area contributed by atoms with Crippen LogP contribution in [0.25, 0.3) is 5.57 Å². The highest BCUT2D eigenvalue weighted by Crippen LogP contribution is 2.61. The number of amides is 2. The number of carbonyl (C=O) groups is 2. The predicted octanol–water partition coefficient (Wildman–Crippen LogP) is 4.86. The second kappa shape index (κ2) is 5.76. The zero-order valence-corrected chi connectivity index (χ0v) is 18.1. The second-order valence-electron chi connectivity index (χ2n) is 8.74. The first kappa shape index (κ1) is 18.5. The fraction of sp³-hybridized carbons (Fsp3) is 0.333. The maximum Gasteiger partial charge on any atom is 0.269 e. The summed E-state index contributed by atoms with van der Waals surface area (Å²) in [4.78, 5) is 30.1. The van der Waals surface area contributed by atoms with Crippen LogP contribution in [-0.2, 0) is 14.5 Å². The molecule has 3 heterocycles. The number of benzene rings is 2. The molecule has 5 heteroatoms. The number of aryl methyl sites for hydroxylation is 1. The Bertz CT molecular complexity index is 1110. The van der Waals surface area contributed by atoms with Gasteiger partial charge in [-0.2, -0.15) is 0 Å². The molecule has 2 amide bonds. The summed E-state index contributed by atoms with van der Waals surface area (Å²) in [7, 11) is 0. The summed E-state index contributed by atoms with van der Waals surface area (Å²) < 4.78 is 0. The Morgan fingerprint density at radius 1 is 1.00 bits per heavy atom. The van der Waals surface area contributed by atoms with Crippen LogP contribution in [0.1, 0.15) is 44.4 Å². The van der Waals surface area contributed by atoms with Crippen LogP contribution in [0.15, 0.2) is 48.5 Å². The first-order valence-electron chi connectivity index (χ1n) is 9.95. The fourth-order valence-electron chi connectivity index (χ4n) is 5.08. The number of hydrogen-bond donors (Lipinski definition) is 0. The molecule has 0 saturated carbocycles. The van der Waals surface area contributed by atoms with Gasteiger partial charge >= 0.3 is 0 Å². The Morgan fingerprint density at radius 2 is 1.69 bits per heavy atom. The van der Waals surface area contributed by atoms with Crippen LogP contribution in [0.2, 0.25) is 0 Å². The zero-order chi connectivity index (χ0) is 20.7. The average Bonchev–Trinajstić information content (AvgIpc) is 3.07. The SMILES string of the molecule is CC1=CC(C)(C)N2C(=O)[C@@]3(S[C@H](C)C(=O)N3c3ccccc3)c3cc(C)cc1c32.